The van der Waals surface area contributed by atoms with Crippen LogP contribution in [0.5, 0.6) is 0 Å². The van der Waals surface area contributed by atoms with Crippen LogP contribution < -0.4 is 4.72 Å². The Morgan fingerprint density at radius 3 is 2.00 bits per heavy atom. The summed E-state index contributed by atoms with van der Waals surface area (Å²) in [4.78, 5) is 27.2. The number of likely N-dealkylation sites (N-methyl/N-ethyl adjacent to an activating group) is 1. The Kier molecular flexibility index (Phi) is 5.95. The normalized spacial score (nSPS) is 14.2. The maximum atomic E-state index is 13.1. The Labute approximate surface area is 169 Å². The summed E-state index contributed by atoms with van der Waals surface area (Å²) in [5, 5.41) is 0. The molecule has 0 radical (unpaired) electrons. The quantitative estimate of drug-likeness (QED) is 0.750. The first kappa shape index (κ1) is 20.9. The molecular weight excluding hydrogens is 395 g/mol. The van der Waals surface area contributed by atoms with Crippen molar-refractivity contribution in [1.29, 1.82) is 0 Å². The summed E-state index contributed by atoms with van der Waals surface area (Å²) in [5.74, 6) is -1.65. The van der Waals surface area contributed by atoms with E-state index in [1.165, 1.54) is 36.4 Å². The van der Waals surface area contributed by atoms with Crippen LogP contribution in [0.25, 0.3) is 0 Å². The molecule has 0 saturated heterocycles. The molecule has 8 heteroatoms. The molecule has 0 atom stereocenters. The van der Waals surface area contributed by atoms with Crippen molar-refractivity contribution in [3.8, 4) is 0 Å². The molecular formula is C21H21FN2O4S. The highest BCUT2D eigenvalue weighted by Gasteiger charge is 2.40. The van der Waals surface area contributed by atoms with Gasteiger partial charge in [-0.15, -0.1) is 0 Å². The molecule has 0 unspecified atom stereocenters. The number of hydrogen-bond acceptors (Lipinski definition) is 5. The van der Waals surface area contributed by atoms with Crippen LogP contribution in [-0.2, 0) is 16.6 Å². The number of sulfonamides is 1. The van der Waals surface area contributed by atoms with Crippen LogP contribution in [0.2, 0.25) is 0 Å². The largest absolute Gasteiger partial charge is 0.368 e. The first-order valence-electron chi connectivity index (χ1n) is 9.21. The van der Waals surface area contributed by atoms with Gasteiger partial charge < -0.3 is 4.90 Å². The number of nitrogens with zero attached hydrogens (tertiary/aromatic N) is 1. The smallest absolute Gasteiger partial charge is 0.247 e. The zero-order chi connectivity index (χ0) is 21.2. The number of allylic oxidation sites excluding steroid dienone is 2. The first-order valence-corrected chi connectivity index (χ1v) is 10.7. The van der Waals surface area contributed by atoms with E-state index in [0.717, 1.165) is 0 Å². The van der Waals surface area contributed by atoms with Gasteiger partial charge in [-0.2, -0.15) is 0 Å². The summed E-state index contributed by atoms with van der Waals surface area (Å²) >= 11 is 0. The summed E-state index contributed by atoms with van der Waals surface area (Å²) in [6, 6.07) is 11.5. The van der Waals surface area contributed by atoms with Gasteiger partial charge in [0.25, 0.3) is 0 Å². The van der Waals surface area contributed by atoms with E-state index in [2.05, 4.69) is 4.72 Å². The third kappa shape index (κ3) is 3.99. The van der Waals surface area contributed by atoms with Gasteiger partial charge in [0.1, 0.15) is 11.5 Å². The van der Waals surface area contributed by atoms with Crippen molar-refractivity contribution in [1.82, 2.24) is 9.62 Å². The monoisotopic (exact) mass is 416 g/mol. The van der Waals surface area contributed by atoms with Crippen LogP contribution in [0.3, 0.4) is 0 Å². The van der Waals surface area contributed by atoms with Gasteiger partial charge in [-0.05, 0) is 31.5 Å². The molecule has 6 nitrogen and oxygen atoms in total. The average Bonchev–Trinajstić information content (AvgIpc) is 2.72. The summed E-state index contributed by atoms with van der Waals surface area (Å²) in [7, 11) is -4.31. The summed E-state index contributed by atoms with van der Waals surface area (Å²) in [6.45, 7) is 4.16. The van der Waals surface area contributed by atoms with Crippen LogP contribution in [-0.4, -0.2) is 38.0 Å². The Morgan fingerprint density at radius 1 is 0.897 bits per heavy atom. The van der Waals surface area contributed by atoms with Gasteiger partial charge in [-0.25, -0.2) is 17.5 Å². The Balaban J connectivity index is 2.07. The van der Waals surface area contributed by atoms with Crippen molar-refractivity contribution in [2.45, 2.75) is 20.4 Å². The Morgan fingerprint density at radius 2 is 1.45 bits per heavy atom. The minimum absolute atomic E-state index is 0.0653. The third-order valence-corrected chi connectivity index (χ3v) is 6.22. The van der Waals surface area contributed by atoms with E-state index < -0.39 is 32.3 Å². The highest BCUT2D eigenvalue weighted by Crippen LogP contribution is 2.31. The van der Waals surface area contributed by atoms with Gasteiger partial charge in [0.05, 0.1) is 0 Å². The standard InChI is InChI=1S/C21H21FN2O4S/c1-3-24(4-2)18-19(25)16-7-5-6-8-17(16)20(26)21(18)29(27,28)23-13-14-9-11-15(22)12-10-14/h5-12,23H,3-4,13H2,1-2H3. The second kappa shape index (κ2) is 8.26. The molecule has 0 heterocycles. The average molecular weight is 416 g/mol. The van der Waals surface area contributed by atoms with Crippen molar-refractivity contribution in [2.75, 3.05) is 13.1 Å². The number of ketones is 2. The van der Waals surface area contributed by atoms with Crippen molar-refractivity contribution < 1.29 is 22.4 Å². The second-order valence-corrected chi connectivity index (χ2v) is 8.21. The number of fused-ring (bicyclic) bond motifs is 1. The van der Waals surface area contributed by atoms with Gasteiger partial charge >= 0.3 is 0 Å². The third-order valence-electron chi connectivity index (χ3n) is 4.78. The van der Waals surface area contributed by atoms with Crippen LogP contribution in [0.15, 0.2) is 59.1 Å². The van der Waals surface area contributed by atoms with E-state index in [1.807, 2.05) is 0 Å². The topological polar surface area (TPSA) is 83.6 Å². The Bertz CT molecular complexity index is 1090. The number of hydrogen-bond donors (Lipinski definition) is 1. The lowest BCUT2D eigenvalue weighted by molar-refractivity contribution is 0.0949. The van der Waals surface area contributed by atoms with E-state index in [9.17, 15) is 22.4 Å². The molecule has 2 aromatic carbocycles. The van der Waals surface area contributed by atoms with Crippen LogP contribution >= 0.6 is 0 Å². The van der Waals surface area contributed by atoms with Crippen molar-refractivity contribution in [3.05, 3.63) is 81.6 Å². The molecule has 0 saturated carbocycles. The summed E-state index contributed by atoms with van der Waals surface area (Å²) in [5.41, 5.74) is 0.660. The fourth-order valence-electron chi connectivity index (χ4n) is 3.27. The molecule has 3 rings (SSSR count). The predicted octanol–water partition coefficient (Wildman–Crippen LogP) is 2.88. The van der Waals surface area contributed by atoms with Crippen molar-refractivity contribution >= 4 is 21.6 Å². The zero-order valence-corrected chi connectivity index (χ0v) is 16.9. The van der Waals surface area contributed by atoms with Gasteiger partial charge in [0.2, 0.25) is 21.6 Å². The Hall–Kier alpha value is -2.84. The van der Waals surface area contributed by atoms with Gasteiger partial charge in [-0.1, -0.05) is 36.4 Å². The zero-order valence-electron chi connectivity index (χ0n) is 16.1. The molecule has 1 aliphatic rings. The highest BCUT2D eigenvalue weighted by molar-refractivity contribution is 7.94. The maximum absolute atomic E-state index is 13.1. The molecule has 0 aliphatic heterocycles. The van der Waals surface area contributed by atoms with Crippen molar-refractivity contribution in [3.63, 3.8) is 0 Å². The van der Waals surface area contributed by atoms with Crippen LogP contribution in [0.4, 0.5) is 4.39 Å². The minimum Gasteiger partial charge on any atom is -0.368 e. The van der Waals surface area contributed by atoms with E-state index in [-0.39, 0.29) is 23.4 Å². The molecule has 0 fully saturated rings. The number of carbonyl (C=O) groups is 2. The van der Waals surface area contributed by atoms with Gasteiger partial charge in [0.15, 0.2) is 4.91 Å². The van der Waals surface area contributed by atoms with E-state index in [0.29, 0.717) is 18.7 Å². The molecule has 1 aliphatic carbocycles. The second-order valence-electron chi connectivity index (χ2n) is 6.50. The SMILES string of the molecule is CCN(CC)C1=C(S(=O)(=O)NCc2ccc(F)cc2)C(=O)c2ccccc2C1=O. The molecule has 0 spiro atoms. The van der Waals surface area contributed by atoms with E-state index in [4.69, 9.17) is 0 Å². The number of nitrogens with one attached hydrogen (secondary N) is 1. The van der Waals surface area contributed by atoms with Crippen molar-refractivity contribution in [2.24, 2.45) is 0 Å². The number of rotatable bonds is 7. The van der Waals surface area contributed by atoms with Gasteiger partial charge in [0, 0.05) is 30.8 Å². The first-order chi connectivity index (χ1) is 13.8. The molecule has 2 aromatic rings. The predicted molar refractivity (Wildman–Crippen MR) is 107 cm³/mol. The van der Waals surface area contributed by atoms with E-state index >= 15 is 0 Å². The number of halogens is 1. The summed E-state index contributed by atoms with van der Waals surface area (Å²) in [6.07, 6.45) is 0. The molecule has 29 heavy (non-hydrogen) atoms. The lowest BCUT2D eigenvalue weighted by Gasteiger charge is -2.29. The van der Waals surface area contributed by atoms with Crippen LogP contribution in [0.1, 0.15) is 40.1 Å². The maximum Gasteiger partial charge on any atom is 0.247 e. The lowest BCUT2D eigenvalue weighted by Crippen LogP contribution is -2.39. The van der Waals surface area contributed by atoms with Gasteiger partial charge in [-0.3, -0.25) is 9.59 Å². The molecule has 152 valence electrons. The van der Waals surface area contributed by atoms with E-state index in [1.54, 1.807) is 30.9 Å². The lowest BCUT2D eigenvalue weighted by atomic mass is 9.92. The molecule has 0 bridgehead atoms. The highest BCUT2D eigenvalue weighted by atomic mass is 32.2. The fraction of sp³-hybridized carbons (Fsp3) is 0.238. The summed E-state index contributed by atoms with van der Waals surface area (Å²) < 4.78 is 41.6. The number of benzene rings is 2. The minimum atomic E-state index is -4.31. The molecule has 0 amide bonds. The number of carbonyl (C=O) groups excluding carboxylic acids is 2. The fourth-order valence-corrected chi connectivity index (χ4v) is 4.60. The molecule has 0 aromatic heterocycles. The molecule has 1 N–H and O–H groups in total. The number of Topliss-reactive ketones (excluding diaryl/α,β-unsaturated/α-hetero) is 2. The van der Waals surface area contributed by atoms with Crippen LogP contribution in [0, 0.1) is 5.82 Å².